The third-order valence-corrected chi connectivity index (χ3v) is 1.76. The molecule has 0 saturated heterocycles. The number of para-hydroxylation sites is 1. The number of nitrogens with zero attached hydrogens (tertiary/aromatic N) is 1. The summed E-state index contributed by atoms with van der Waals surface area (Å²) in [5, 5.41) is 9.77. The summed E-state index contributed by atoms with van der Waals surface area (Å²) < 4.78 is 0. The third kappa shape index (κ3) is 1.19. The summed E-state index contributed by atoms with van der Waals surface area (Å²) in [6, 6.07) is 9.69. The Kier molecular flexibility index (Phi) is 1.80. The highest BCUT2D eigenvalue weighted by Crippen LogP contribution is 2.07. The SMILES string of the molecule is O[B]c1cnc2ccccc2c1. The number of hydrogen-bond donors (Lipinski definition) is 1. The average Bonchev–Trinajstić information content (AvgIpc) is 2.17. The number of aromatic nitrogens is 1. The van der Waals surface area contributed by atoms with E-state index < -0.39 is 0 Å². The highest BCUT2D eigenvalue weighted by molar-refractivity contribution is 6.45. The maximum atomic E-state index is 8.73. The van der Waals surface area contributed by atoms with Gasteiger partial charge in [0.2, 0.25) is 0 Å². The Morgan fingerprint density at radius 2 is 2.08 bits per heavy atom. The minimum Gasteiger partial charge on any atom is -0.450 e. The van der Waals surface area contributed by atoms with Gasteiger partial charge >= 0.3 is 7.48 Å². The predicted molar refractivity (Wildman–Crippen MR) is 49.3 cm³/mol. The van der Waals surface area contributed by atoms with Gasteiger partial charge in [-0.05, 0) is 16.9 Å². The summed E-state index contributed by atoms with van der Waals surface area (Å²) in [5.74, 6) is 0. The summed E-state index contributed by atoms with van der Waals surface area (Å²) in [6.07, 6.45) is 1.64. The van der Waals surface area contributed by atoms with E-state index in [4.69, 9.17) is 5.02 Å². The first-order chi connectivity index (χ1) is 5.90. The molecule has 0 saturated carbocycles. The number of pyridine rings is 1. The second kappa shape index (κ2) is 2.95. The molecular formula is C9H7BNO. The van der Waals surface area contributed by atoms with Gasteiger partial charge in [-0.1, -0.05) is 24.3 Å². The predicted octanol–water partition coefficient (Wildman–Crippen LogP) is 0.472. The van der Waals surface area contributed by atoms with E-state index in [2.05, 4.69) is 4.98 Å². The second-order valence-electron chi connectivity index (χ2n) is 2.59. The molecule has 0 aliphatic rings. The Balaban J connectivity index is 2.67. The lowest BCUT2D eigenvalue weighted by molar-refractivity contribution is 0.615. The topological polar surface area (TPSA) is 33.1 Å². The standard InChI is InChI=1S/C9H7BNO/c12-10-8-5-7-3-1-2-4-9(7)11-6-8/h1-6,12H. The fraction of sp³-hybridized carbons (Fsp3) is 0. The smallest absolute Gasteiger partial charge is 0.328 e. The zero-order chi connectivity index (χ0) is 8.39. The zero-order valence-electron chi connectivity index (χ0n) is 6.44. The molecule has 1 aromatic heterocycles. The molecule has 0 spiro atoms. The van der Waals surface area contributed by atoms with Gasteiger partial charge in [0.1, 0.15) is 0 Å². The summed E-state index contributed by atoms with van der Waals surface area (Å²) >= 11 is 0. The maximum Gasteiger partial charge on any atom is 0.328 e. The second-order valence-corrected chi connectivity index (χ2v) is 2.59. The molecule has 0 amide bonds. The van der Waals surface area contributed by atoms with Crippen molar-refractivity contribution in [2.45, 2.75) is 0 Å². The van der Waals surface area contributed by atoms with Gasteiger partial charge in [0.25, 0.3) is 0 Å². The van der Waals surface area contributed by atoms with Crippen LogP contribution in [0.2, 0.25) is 0 Å². The Bertz CT molecular complexity index is 402. The van der Waals surface area contributed by atoms with Crippen molar-refractivity contribution in [3.8, 4) is 0 Å². The van der Waals surface area contributed by atoms with Gasteiger partial charge in [0.15, 0.2) is 0 Å². The monoisotopic (exact) mass is 156 g/mol. The molecule has 2 nitrogen and oxygen atoms in total. The van der Waals surface area contributed by atoms with Crippen LogP contribution >= 0.6 is 0 Å². The highest BCUT2D eigenvalue weighted by atomic mass is 16.2. The van der Waals surface area contributed by atoms with Crippen molar-refractivity contribution in [1.82, 2.24) is 4.98 Å². The van der Waals surface area contributed by atoms with Crippen molar-refractivity contribution < 1.29 is 5.02 Å². The first-order valence-electron chi connectivity index (χ1n) is 3.72. The molecule has 2 aromatic rings. The van der Waals surface area contributed by atoms with E-state index in [0.29, 0.717) is 0 Å². The van der Waals surface area contributed by atoms with Gasteiger partial charge in [0.05, 0.1) is 5.52 Å². The summed E-state index contributed by atoms with van der Waals surface area (Å²) in [5.41, 5.74) is 1.68. The average molecular weight is 156 g/mol. The van der Waals surface area contributed by atoms with Crippen LogP contribution in [0, 0.1) is 0 Å². The van der Waals surface area contributed by atoms with Crippen LogP contribution in [0.25, 0.3) is 10.9 Å². The molecule has 0 unspecified atom stereocenters. The summed E-state index contributed by atoms with van der Waals surface area (Å²) in [4.78, 5) is 4.16. The molecule has 0 bridgehead atoms. The van der Waals surface area contributed by atoms with E-state index in [9.17, 15) is 0 Å². The molecule has 2 rings (SSSR count). The summed E-state index contributed by atoms with van der Waals surface area (Å²) in [6.45, 7) is 0. The van der Waals surface area contributed by atoms with Gasteiger partial charge in [-0.2, -0.15) is 0 Å². The van der Waals surface area contributed by atoms with Crippen molar-refractivity contribution in [1.29, 1.82) is 0 Å². The van der Waals surface area contributed by atoms with Crippen molar-refractivity contribution in [2.24, 2.45) is 0 Å². The molecule has 0 fully saturated rings. The fourth-order valence-electron chi connectivity index (χ4n) is 1.16. The van der Waals surface area contributed by atoms with E-state index in [-0.39, 0.29) is 0 Å². The molecule has 1 N–H and O–H groups in total. The zero-order valence-corrected chi connectivity index (χ0v) is 6.44. The molecule has 12 heavy (non-hydrogen) atoms. The van der Waals surface area contributed by atoms with Crippen LogP contribution in [-0.2, 0) is 0 Å². The Morgan fingerprint density at radius 3 is 2.92 bits per heavy atom. The molecular weight excluding hydrogens is 149 g/mol. The van der Waals surface area contributed by atoms with Gasteiger partial charge in [-0.15, -0.1) is 0 Å². The lowest BCUT2D eigenvalue weighted by Crippen LogP contribution is -2.13. The minimum atomic E-state index is 0.730. The van der Waals surface area contributed by atoms with Crippen molar-refractivity contribution >= 4 is 23.8 Å². The molecule has 0 atom stereocenters. The largest absolute Gasteiger partial charge is 0.450 e. The number of fused-ring (bicyclic) bond motifs is 1. The first-order valence-corrected chi connectivity index (χ1v) is 3.72. The molecule has 0 aliphatic carbocycles. The van der Waals surface area contributed by atoms with Crippen molar-refractivity contribution in [2.75, 3.05) is 0 Å². The van der Waals surface area contributed by atoms with E-state index in [1.54, 1.807) is 6.20 Å². The Hall–Kier alpha value is -1.35. The number of rotatable bonds is 1. The van der Waals surface area contributed by atoms with E-state index in [0.717, 1.165) is 23.8 Å². The Morgan fingerprint density at radius 1 is 1.25 bits per heavy atom. The van der Waals surface area contributed by atoms with E-state index >= 15 is 0 Å². The molecule has 1 aromatic carbocycles. The minimum absolute atomic E-state index is 0.730. The maximum absolute atomic E-state index is 8.73. The fourth-order valence-corrected chi connectivity index (χ4v) is 1.16. The third-order valence-electron chi connectivity index (χ3n) is 1.76. The Labute approximate surface area is 71.1 Å². The lowest BCUT2D eigenvalue weighted by Gasteiger charge is -1.97. The van der Waals surface area contributed by atoms with Crippen LogP contribution in [0.3, 0.4) is 0 Å². The van der Waals surface area contributed by atoms with Crippen LogP contribution in [0.4, 0.5) is 0 Å². The van der Waals surface area contributed by atoms with E-state index in [1.165, 1.54) is 0 Å². The van der Waals surface area contributed by atoms with Gasteiger partial charge < -0.3 is 5.02 Å². The van der Waals surface area contributed by atoms with Crippen LogP contribution in [0.1, 0.15) is 0 Å². The molecule has 1 heterocycles. The molecule has 3 heteroatoms. The molecule has 0 aliphatic heterocycles. The highest BCUT2D eigenvalue weighted by Gasteiger charge is 1.96. The van der Waals surface area contributed by atoms with Crippen LogP contribution < -0.4 is 5.46 Å². The first kappa shape index (κ1) is 7.31. The van der Waals surface area contributed by atoms with Crippen LogP contribution in [0.15, 0.2) is 36.5 Å². The molecule has 57 valence electrons. The van der Waals surface area contributed by atoms with Crippen LogP contribution in [-0.4, -0.2) is 17.5 Å². The summed E-state index contributed by atoms with van der Waals surface area (Å²) in [7, 11) is 1.06. The lowest BCUT2D eigenvalue weighted by atomic mass is 9.90. The quantitative estimate of drug-likeness (QED) is 0.608. The van der Waals surface area contributed by atoms with E-state index in [1.807, 2.05) is 30.3 Å². The van der Waals surface area contributed by atoms with Crippen molar-refractivity contribution in [3.63, 3.8) is 0 Å². The number of benzene rings is 1. The van der Waals surface area contributed by atoms with Gasteiger partial charge in [-0.25, -0.2) is 0 Å². The van der Waals surface area contributed by atoms with Crippen molar-refractivity contribution in [3.05, 3.63) is 36.5 Å². The number of hydrogen-bond acceptors (Lipinski definition) is 2. The van der Waals surface area contributed by atoms with Gasteiger partial charge in [0, 0.05) is 6.20 Å². The normalized spacial score (nSPS) is 10.1. The molecule has 1 radical (unpaired) electrons. The van der Waals surface area contributed by atoms with Crippen LogP contribution in [0.5, 0.6) is 0 Å². The van der Waals surface area contributed by atoms with Gasteiger partial charge in [-0.3, -0.25) is 4.98 Å².